The maximum atomic E-state index is 11.5. The fourth-order valence-electron chi connectivity index (χ4n) is 1.64. The van der Waals surface area contributed by atoms with E-state index in [-0.39, 0.29) is 38.3 Å². The smallest absolute Gasteiger partial charge is 0.322 e. The Hall–Kier alpha value is -2.04. The number of carbonyl (C=O) groups excluding carboxylic acids is 2. The lowest BCUT2D eigenvalue weighted by atomic mass is 10.2. The van der Waals surface area contributed by atoms with E-state index in [1.165, 1.54) is 18.2 Å². The zero-order chi connectivity index (χ0) is 15.4. The Balaban J connectivity index is 0.00000242. The number of nitrogens with two attached hydrogens (primary N) is 2. The Morgan fingerprint density at radius 1 is 1.45 bits per heavy atom. The van der Waals surface area contributed by atoms with Crippen molar-refractivity contribution in [2.45, 2.75) is 19.0 Å². The van der Waals surface area contributed by atoms with Crippen LogP contribution in [0.3, 0.4) is 0 Å². The minimum Gasteiger partial charge on any atom is -0.462 e. The molecule has 2 heterocycles. The lowest BCUT2D eigenvalue weighted by Crippen LogP contribution is -2.41. The van der Waals surface area contributed by atoms with Gasteiger partial charge in [-0.05, 0) is 6.92 Å². The molecule has 0 spiro atoms. The molecule has 4 N–H and O–H groups in total. The van der Waals surface area contributed by atoms with Gasteiger partial charge in [0.15, 0.2) is 11.9 Å². The molecule has 0 saturated carbocycles. The van der Waals surface area contributed by atoms with Gasteiger partial charge in [0.2, 0.25) is 5.96 Å². The summed E-state index contributed by atoms with van der Waals surface area (Å²) >= 11 is 0. The number of esters is 1. The zero-order valence-electron chi connectivity index (χ0n) is 11.8. The van der Waals surface area contributed by atoms with Crippen LogP contribution in [-0.2, 0) is 19.1 Å². The van der Waals surface area contributed by atoms with E-state index in [4.69, 9.17) is 20.9 Å². The van der Waals surface area contributed by atoms with Gasteiger partial charge in [-0.15, -0.1) is 12.4 Å². The number of rotatable bonds is 6. The number of hydrogen-bond donors (Lipinski definition) is 2. The number of nitrogens with zero attached hydrogens (tertiary/aromatic N) is 4. The molecule has 2 atom stereocenters. The highest BCUT2D eigenvalue weighted by Crippen LogP contribution is 2.13. The minimum atomic E-state index is -0.753. The zero-order valence-corrected chi connectivity index (χ0v) is 12.7. The van der Waals surface area contributed by atoms with E-state index < -0.39 is 24.0 Å². The predicted molar refractivity (Wildman–Crippen MR) is 80.9 cm³/mol. The van der Waals surface area contributed by atoms with Crippen LogP contribution in [0.15, 0.2) is 15.0 Å². The Morgan fingerprint density at radius 2 is 2.18 bits per heavy atom. The molecular formula is C11H17ClN6O4. The first-order valence-corrected chi connectivity index (χ1v) is 6.25. The average Bonchev–Trinajstić information content (AvgIpc) is 2.81. The molecule has 0 aliphatic carbocycles. The third-order valence-corrected chi connectivity index (χ3v) is 2.66. The Bertz CT molecular complexity index is 533. The van der Waals surface area contributed by atoms with Crippen molar-refractivity contribution in [1.29, 1.82) is 0 Å². The van der Waals surface area contributed by atoms with Crippen molar-refractivity contribution in [2.24, 2.45) is 26.4 Å². The lowest BCUT2D eigenvalue weighted by Gasteiger charge is -2.19. The molecule has 0 bridgehead atoms. The van der Waals surface area contributed by atoms with Crippen molar-refractivity contribution in [2.75, 3.05) is 19.9 Å². The molecule has 2 aliphatic rings. The molecule has 0 fully saturated rings. The topological polar surface area (TPSA) is 145 Å². The highest BCUT2D eigenvalue weighted by Gasteiger charge is 2.35. The van der Waals surface area contributed by atoms with Crippen LogP contribution in [0, 0.1) is 0 Å². The molecule has 0 aromatic carbocycles. The molecule has 122 valence electrons. The van der Waals surface area contributed by atoms with Crippen LogP contribution >= 0.6 is 12.4 Å². The van der Waals surface area contributed by atoms with Crippen LogP contribution < -0.4 is 11.5 Å². The van der Waals surface area contributed by atoms with Crippen molar-refractivity contribution in [3.05, 3.63) is 0 Å². The van der Waals surface area contributed by atoms with Crippen LogP contribution in [0.1, 0.15) is 6.92 Å². The molecule has 0 aromatic heterocycles. The third kappa shape index (κ3) is 4.23. The first kappa shape index (κ1) is 18.0. The summed E-state index contributed by atoms with van der Waals surface area (Å²) in [6.07, 6.45) is 1.43. The van der Waals surface area contributed by atoms with E-state index >= 15 is 0 Å². The van der Waals surface area contributed by atoms with Crippen molar-refractivity contribution < 1.29 is 19.1 Å². The van der Waals surface area contributed by atoms with Crippen LogP contribution in [0.5, 0.6) is 0 Å². The monoisotopic (exact) mass is 332 g/mol. The summed E-state index contributed by atoms with van der Waals surface area (Å²) in [5.74, 6) is -0.678. The molecule has 11 heteroatoms. The van der Waals surface area contributed by atoms with Gasteiger partial charge in [0.1, 0.15) is 19.4 Å². The number of amides is 1. The Kier molecular flexibility index (Phi) is 6.40. The number of amidine groups is 1. The van der Waals surface area contributed by atoms with E-state index in [0.717, 1.165) is 0 Å². The second-order valence-electron chi connectivity index (χ2n) is 4.41. The van der Waals surface area contributed by atoms with Gasteiger partial charge in [-0.3, -0.25) is 19.5 Å². The molecule has 2 rings (SSSR count). The van der Waals surface area contributed by atoms with Gasteiger partial charge in [-0.25, -0.2) is 0 Å². The van der Waals surface area contributed by atoms with Crippen LogP contribution in [-0.4, -0.2) is 66.9 Å². The number of carbonyl (C=O) groups is 2. The van der Waals surface area contributed by atoms with Gasteiger partial charge in [-0.1, -0.05) is 0 Å². The normalized spacial score (nSPS) is 20.7. The van der Waals surface area contributed by atoms with Crippen molar-refractivity contribution >= 4 is 42.4 Å². The minimum absolute atomic E-state index is 0. The van der Waals surface area contributed by atoms with E-state index in [1.54, 1.807) is 0 Å². The molecule has 1 amide bonds. The highest BCUT2D eigenvalue weighted by atomic mass is 35.5. The number of guanidine groups is 1. The summed E-state index contributed by atoms with van der Waals surface area (Å²) in [7, 11) is 0. The maximum absolute atomic E-state index is 11.5. The Morgan fingerprint density at radius 3 is 2.86 bits per heavy atom. The first-order chi connectivity index (χ1) is 9.99. The molecule has 0 saturated heterocycles. The van der Waals surface area contributed by atoms with Gasteiger partial charge in [0.05, 0.1) is 12.9 Å². The number of hydrogen-bond acceptors (Lipinski definition) is 9. The highest BCUT2D eigenvalue weighted by molar-refractivity contribution is 6.21. The summed E-state index contributed by atoms with van der Waals surface area (Å²) < 4.78 is 10.2. The van der Waals surface area contributed by atoms with Crippen molar-refractivity contribution in [3.8, 4) is 0 Å². The fourth-order valence-corrected chi connectivity index (χ4v) is 1.64. The largest absolute Gasteiger partial charge is 0.462 e. The predicted octanol–water partition coefficient (Wildman–Crippen LogP) is -1.76. The van der Waals surface area contributed by atoms with Crippen molar-refractivity contribution in [3.63, 3.8) is 0 Å². The summed E-state index contributed by atoms with van der Waals surface area (Å²) in [5.41, 5.74) is 10.8. The van der Waals surface area contributed by atoms with E-state index in [0.29, 0.717) is 5.84 Å². The summed E-state index contributed by atoms with van der Waals surface area (Å²) in [4.78, 5) is 35.7. The van der Waals surface area contributed by atoms with Gasteiger partial charge in [0, 0.05) is 0 Å². The van der Waals surface area contributed by atoms with Crippen LogP contribution in [0.4, 0.5) is 0 Å². The van der Waals surface area contributed by atoms with Gasteiger partial charge >= 0.3 is 5.97 Å². The van der Waals surface area contributed by atoms with Gasteiger partial charge in [-0.2, -0.15) is 9.98 Å². The van der Waals surface area contributed by atoms with E-state index in [2.05, 4.69) is 15.0 Å². The third-order valence-electron chi connectivity index (χ3n) is 2.66. The summed E-state index contributed by atoms with van der Waals surface area (Å²) in [6.45, 7) is 1.91. The second-order valence-corrected chi connectivity index (χ2v) is 4.41. The molecule has 10 nitrogen and oxygen atoms in total. The maximum Gasteiger partial charge on any atom is 0.322 e. The van der Waals surface area contributed by atoms with E-state index in [9.17, 15) is 9.59 Å². The van der Waals surface area contributed by atoms with Crippen LogP contribution in [0.25, 0.3) is 0 Å². The molecule has 0 radical (unpaired) electrons. The van der Waals surface area contributed by atoms with Gasteiger partial charge < -0.3 is 20.9 Å². The molecule has 0 aromatic rings. The lowest BCUT2D eigenvalue weighted by molar-refractivity contribution is -0.146. The fraction of sp³-hybridized carbons (Fsp3) is 0.545. The molecule has 2 aliphatic heterocycles. The standard InChI is InChI=1S/C11H16N6O4.ClH/c1-6(12)10(19)21-3-2-20-5-17-4-14-7-8(17)15-11(13)16-9(7)18;/h4,6-7H,2-3,5,12H2,1H3,(H2,13,16,18);1H. The molecular weight excluding hydrogens is 316 g/mol. The molecule has 22 heavy (non-hydrogen) atoms. The number of fused-ring (bicyclic) bond motifs is 1. The van der Waals surface area contributed by atoms with Crippen molar-refractivity contribution in [1.82, 2.24) is 4.90 Å². The average molecular weight is 333 g/mol. The van der Waals surface area contributed by atoms with Crippen LogP contribution in [0.2, 0.25) is 0 Å². The Labute approximate surface area is 132 Å². The summed E-state index contributed by atoms with van der Waals surface area (Å²) in [6, 6.07) is -1.42. The second kappa shape index (κ2) is 7.82. The number of halogens is 1. The number of ether oxygens (including phenoxy) is 2. The van der Waals surface area contributed by atoms with Gasteiger partial charge in [0.25, 0.3) is 5.91 Å². The molecule has 2 unspecified atom stereocenters. The number of aliphatic imine (C=N–C) groups is 3. The SMILES string of the molecule is CC(N)C(=O)OCCOCN1C=NC2C(=O)N=C(N)N=C21.Cl. The first-order valence-electron chi connectivity index (χ1n) is 6.25. The quantitative estimate of drug-likeness (QED) is 0.432. The summed E-state index contributed by atoms with van der Waals surface area (Å²) in [5, 5.41) is 0. The van der Waals surface area contributed by atoms with E-state index in [1.807, 2.05) is 0 Å².